The molecule has 1 nitrogen and oxygen atoms in total. The molecule has 0 aromatic carbocycles. The van der Waals surface area contributed by atoms with Gasteiger partial charge in [0.05, 0.1) is 0 Å². The molecule has 0 aromatic heterocycles. The Balaban J connectivity index is 4.18. The molecule has 0 atom stereocenters. The van der Waals surface area contributed by atoms with E-state index < -0.39 is 0 Å². The second kappa shape index (κ2) is 7.40. The molecule has 0 saturated carbocycles. The predicted octanol–water partition coefficient (Wildman–Crippen LogP) is 4.17. The molecule has 0 heterocycles. The van der Waals surface area contributed by atoms with Gasteiger partial charge in [-0.05, 0) is 25.0 Å². The first-order chi connectivity index (χ1) is 5.74. The third kappa shape index (κ3) is 5.41. The van der Waals surface area contributed by atoms with Crippen molar-refractivity contribution in [2.45, 2.75) is 26.7 Å². The zero-order chi connectivity index (χ0) is 9.40. The van der Waals surface area contributed by atoms with E-state index >= 15 is 0 Å². The van der Waals surface area contributed by atoms with Crippen LogP contribution in [0.25, 0.3) is 0 Å². The topological polar surface area (TPSA) is 9.23 Å². The Kier molecular flexibility index (Phi) is 7.25. The average Bonchev–Trinajstić information content (AvgIpc) is 2.11. The summed E-state index contributed by atoms with van der Waals surface area (Å²) < 4.78 is 4.98. The fourth-order valence-electron chi connectivity index (χ4n) is 0.792. The van der Waals surface area contributed by atoms with Gasteiger partial charge < -0.3 is 3.07 Å². The molecule has 0 aliphatic heterocycles. The van der Waals surface area contributed by atoms with Crippen LogP contribution in [0.4, 0.5) is 0 Å². The van der Waals surface area contributed by atoms with Gasteiger partial charge >= 0.3 is 0 Å². The summed E-state index contributed by atoms with van der Waals surface area (Å²) in [6.07, 6.45) is 8.12. The second-order valence-electron chi connectivity index (χ2n) is 2.55. The van der Waals surface area contributed by atoms with Crippen molar-refractivity contribution in [3.63, 3.8) is 0 Å². The van der Waals surface area contributed by atoms with Crippen LogP contribution in [0.1, 0.15) is 26.7 Å². The van der Waals surface area contributed by atoms with Crippen LogP contribution in [-0.4, -0.2) is 0 Å². The van der Waals surface area contributed by atoms with E-state index in [1.165, 1.54) is 5.57 Å². The van der Waals surface area contributed by atoms with Gasteiger partial charge in [-0.3, -0.25) is 0 Å². The van der Waals surface area contributed by atoms with Crippen LogP contribution in [0.2, 0.25) is 0 Å². The Bertz CT molecular complexity index is 192. The largest absolute Gasteiger partial charge is 0.433 e. The van der Waals surface area contributed by atoms with Gasteiger partial charge in [-0.1, -0.05) is 32.1 Å². The number of hydrogen-bond acceptors (Lipinski definition) is 1. The van der Waals surface area contributed by atoms with Crippen molar-refractivity contribution in [2.75, 3.05) is 0 Å². The molecule has 0 aliphatic rings. The molecule has 0 amide bonds. The van der Waals surface area contributed by atoms with Crippen LogP contribution in [-0.2, 0) is 3.07 Å². The maximum absolute atomic E-state index is 4.98. The van der Waals surface area contributed by atoms with E-state index in [1.807, 2.05) is 48.2 Å². The molecule has 68 valence electrons. The highest BCUT2D eigenvalue weighted by Gasteiger charge is 1.88. The molecule has 0 saturated heterocycles. The Morgan fingerprint density at radius 3 is 2.58 bits per heavy atom. The highest BCUT2D eigenvalue weighted by molar-refractivity contribution is 14.1. The van der Waals surface area contributed by atoms with Crippen molar-refractivity contribution in [1.29, 1.82) is 0 Å². The highest BCUT2D eigenvalue weighted by atomic mass is 127. The van der Waals surface area contributed by atoms with Gasteiger partial charge in [-0.2, -0.15) is 0 Å². The van der Waals surface area contributed by atoms with Crippen molar-refractivity contribution in [3.8, 4) is 0 Å². The summed E-state index contributed by atoms with van der Waals surface area (Å²) in [5.41, 5.74) is 1.25. The summed E-state index contributed by atoms with van der Waals surface area (Å²) in [4.78, 5) is 0. The van der Waals surface area contributed by atoms with Crippen LogP contribution in [0.3, 0.4) is 0 Å². The Morgan fingerprint density at radius 1 is 1.50 bits per heavy atom. The summed E-state index contributed by atoms with van der Waals surface area (Å²) in [7, 11) is 0. The van der Waals surface area contributed by atoms with Crippen molar-refractivity contribution in [1.82, 2.24) is 0 Å². The van der Waals surface area contributed by atoms with E-state index in [9.17, 15) is 0 Å². The molecule has 0 unspecified atom stereocenters. The minimum atomic E-state index is 0.908. The maximum atomic E-state index is 4.98. The number of allylic oxidation sites excluding steroid dienone is 5. The Labute approximate surface area is 88.9 Å². The maximum Gasteiger partial charge on any atom is 0.192 e. The first-order valence-corrected chi connectivity index (χ1v) is 4.91. The van der Waals surface area contributed by atoms with Gasteiger partial charge in [-0.15, -0.1) is 0 Å². The summed E-state index contributed by atoms with van der Waals surface area (Å²) in [5, 5.41) is 0. The molecule has 2 heteroatoms. The molecule has 0 aliphatic carbocycles. The third-order valence-corrected chi connectivity index (χ3v) is 2.15. The quantitative estimate of drug-likeness (QED) is 0.416. The molecule has 0 N–H and O–H groups in total. The van der Waals surface area contributed by atoms with Gasteiger partial charge in [0, 0.05) is 0 Å². The van der Waals surface area contributed by atoms with Gasteiger partial charge in [0.25, 0.3) is 0 Å². The molecule has 0 rings (SSSR count). The van der Waals surface area contributed by atoms with Gasteiger partial charge in [0.1, 0.15) is 5.76 Å². The van der Waals surface area contributed by atoms with Crippen LogP contribution < -0.4 is 0 Å². The number of hydrogen-bond donors (Lipinski definition) is 0. The predicted molar refractivity (Wildman–Crippen MR) is 62.1 cm³/mol. The molecule has 0 radical (unpaired) electrons. The second-order valence-corrected chi connectivity index (χ2v) is 2.99. The number of rotatable bonds is 5. The van der Waals surface area contributed by atoms with E-state index in [-0.39, 0.29) is 0 Å². The van der Waals surface area contributed by atoms with E-state index in [4.69, 9.17) is 3.07 Å². The molecular formula is C10H15IO. The van der Waals surface area contributed by atoms with Crippen LogP contribution >= 0.6 is 23.0 Å². The van der Waals surface area contributed by atoms with E-state index in [0.29, 0.717) is 0 Å². The molecule has 0 bridgehead atoms. The fraction of sp³-hybridized carbons (Fsp3) is 0.400. The fourth-order valence-corrected chi connectivity index (χ4v) is 0.939. The van der Waals surface area contributed by atoms with Gasteiger partial charge in [0.15, 0.2) is 23.0 Å². The Hall–Kier alpha value is -0.250. The first kappa shape index (κ1) is 11.8. The molecule has 0 aromatic rings. The molecular weight excluding hydrogens is 263 g/mol. The van der Waals surface area contributed by atoms with Gasteiger partial charge in [0.2, 0.25) is 0 Å². The van der Waals surface area contributed by atoms with E-state index in [2.05, 4.69) is 13.5 Å². The lowest BCUT2D eigenvalue weighted by Gasteiger charge is -1.96. The lowest BCUT2D eigenvalue weighted by atomic mass is 10.1. The summed E-state index contributed by atoms with van der Waals surface area (Å²) >= 11 is 1.87. The minimum Gasteiger partial charge on any atom is -0.433 e. The smallest absolute Gasteiger partial charge is 0.192 e. The lowest BCUT2D eigenvalue weighted by molar-refractivity contribution is 0.565. The SMILES string of the molecule is C=C/C(=C\C=C(/C)OI)CCC. The number of halogens is 1. The standard InChI is InChI=1S/C10H15IO/c1-4-6-10(5-2)8-7-9(3)12-11/h5,7-8H,2,4,6H2,1,3H3/b9-7+,10-8+. The summed E-state index contributed by atoms with van der Waals surface area (Å²) in [5.74, 6) is 0.908. The van der Waals surface area contributed by atoms with Crippen LogP contribution in [0.5, 0.6) is 0 Å². The molecule has 12 heavy (non-hydrogen) atoms. The van der Waals surface area contributed by atoms with Crippen molar-refractivity contribution in [3.05, 3.63) is 36.1 Å². The zero-order valence-electron chi connectivity index (χ0n) is 7.64. The minimum absolute atomic E-state index is 0.908. The lowest BCUT2D eigenvalue weighted by Crippen LogP contribution is -1.77. The van der Waals surface area contributed by atoms with Crippen molar-refractivity contribution >= 4 is 23.0 Å². The highest BCUT2D eigenvalue weighted by Crippen LogP contribution is 2.08. The van der Waals surface area contributed by atoms with Crippen molar-refractivity contribution < 1.29 is 3.07 Å². The summed E-state index contributed by atoms with van der Waals surface area (Å²) in [6, 6.07) is 0. The average molecular weight is 278 g/mol. The first-order valence-electron chi connectivity index (χ1n) is 4.03. The van der Waals surface area contributed by atoms with E-state index in [1.54, 1.807) is 0 Å². The van der Waals surface area contributed by atoms with E-state index in [0.717, 1.165) is 18.6 Å². The summed E-state index contributed by atoms with van der Waals surface area (Å²) in [6.45, 7) is 7.82. The van der Waals surface area contributed by atoms with Crippen molar-refractivity contribution in [2.24, 2.45) is 0 Å². The van der Waals surface area contributed by atoms with Crippen LogP contribution in [0.15, 0.2) is 36.1 Å². The molecule has 0 spiro atoms. The monoisotopic (exact) mass is 278 g/mol. The molecule has 0 fully saturated rings. The van der Waals surface area contributed by atoms with Crippen LogP contribution in [0, 0.1) is 0 Å². The normalized spacial score (nSPS) is 12.9. The zero-order valence-corrected chi connectivity index (χ0v) is 9.80. The third-order valence-electron chi connectivity index (χ3n) is 1.45. The Morgan fingerprint density at radius 2 is 2.17 bits per heavy atom. The van der Waals surface area contributed by atoms with Gasteiger partial charge in [-0.25, -0.2) is 0 Å².